The predicted octanol–water partition coefficient (Wildman–Crippen LogP) is 1.69. The average molecular weight is 259 g/mol. The predicted molar refractivity (Wildman–Crippen MR) is 73.2 cm³/mol. The zero-order chi connectivity index (χ0) is 12.8. The van der Waals surface area contributed by atoms with Crippen LogP contribution in [0.25, 0.3) is 0 Å². The van der Waals surface area contributed by atoms with Gasteiger partial charge >= 0.3 is 0 Å². The SMILES string of the molecule is CC(C)CC(N)C(O)C(=S=O)C1CCCCC1. The van der Waals surface area contributed by atoms with E-state index in [-0.39, 0.29) is 12.0 Å². The summed E-state index contributed by atoms with van der Waals surface area (Å²) >= 11 is 0.477. The van der Waals surface area contributed by atoms with Crippen LogP contribution in [-0.4, -0.2) is 26.3 Å². The quantitative estimate of drug-likeness (QED) is 0.739. The molecule has 1 aliphatic carbocycles. The van der Waals surface area contributed by atoms with Crippen molar-refractivity contribution >= 4 is 16.1 Å². The van der Waals surface area contributed by atoms with Crippen molar-refractivity contribution in [2.45, 2.75) is 64.5 Å². The van der Waals surface area contributed by atoms with Crippen LogP contribution in [0.4, 0.5) is 0 Å². The molecule has 3 N–H and O–H groups in total. The maximum absolute atomic E-state index is 11.2. The summed E-state index contributed by atoms with van der Waals surface area (Å²) in [5, 5.41) is 10.2. The van der Waals surface area contributed by atoms with Gasteiger partial charge in [-0.05, 0) is 31.1 Å². The van der Waals surface area contributed by atoms with Gasteiger partial charge in [0.05, 0.1) is 16.1 Å². The minimum Gasteiger partial charge on any atom is -0.386 e. The van der Waals surface area contributed by atoms with Crippen LogP contribution in [0.2, 0.25) is 0 Å². The van der Waals surface area contributed by atoms with E-state index in [1.807, 2.05) is 0 Å². The summed E-state index contributed by atoms with van der Waals surface area (Å²) in [6.45, 7) is 4.16. The van der Waals surface area contributed by atoms with Gasteiger partial charge in [-0.2, -0.15) is 0 Å². The lowest BCUT2D eigenvalue weighted by molar-refractivity contribution is 0.190. The normalized spacial score (nSPS) is 21.2. The number of hydrogen-bond donors (Lipinski definition) is 2. The van der Waals surface area contributed by atoms with Crippen molar-refractivity contribution in [1.29, 1.82) is 0 Å². The van der Waals surface area contributed by atoms with Crippen LogP contribution in [0.15, 0.2) is 0 Å². The summed E-state index contributed by atoms with van der Waals surface area (Å²) in [6, 6.07) is -0.298. The molecule has 0 aromatic heterocycles. The molecule has 0 spiro atoms. The smallest absolute Gasteiger partial charge is 0.103 e. The number of hydrogen-bond acceptors (Lipinski definition) is 3. The Morgan fingerprint density at radius 1 is 1.35 bits per heavy atom. The standard InChI is InChI=1S/C13H25NO2S/c1-9(2)8-11(14)12(15)13(17-16)10-6-4-3-5-7-10/h9-12,15H,3-8,14H2,1-2H3. The van der Waals surface area contributed by atoms with Crippen LogP contribution in [-0.2, 0) is 11.3 Å². The van der Waals surface area contributed by atoms with Gasteiger partial charge in [0.1, 0.15) is 6.10 Å². The third kappa shape index (κ3) is 4.53. The topological polar surface area (TPSA) is 63.3 Å². The lowest BCUT2D eigenvalue weighted by atomic mass is 9.83. The van der Waals surface area contributed by atoms with E-state index < -0.39 is 6.10 Å². The Hall–Kier alpha value is -0.190. The van der Waals surface area contributed by atoms with Crippen LogP contribution < -0.4 is 5.73 Å². The molecule has 0 aromatic carbocycles. The largest absolute Gasteiger partial charge is 0.386 e. The molecule has 100 valence electrons. The molecule has 0 saturated heterocycles. The summed E-state index contributed by atoms with van der Waals surface area (Å²) in [4.78, 5) is 0.679. The highest BCUT2D eigenvalue weighted by atomic mass is 32.1. The number of nitrogens with two attached hydrogens (primary N) is 1. The Balaban J connectivity index is 2.63. The average Bonchev–Trinajstić information content (AvgIpc) is 2.30. The van der Waals surface area contributed by atoms with Crippen LogP contribution >= 0.6 is 0 Å². The monoisotopic (exact) mass is 259 g/mol. The van der Waals surface area contributed by atoms with E-state index in [1.54, 1.807) is 0 Å². The van der Waals surface area contributed by atoms with E-state index in [0.29, 0.717) is 22.0 Å². The maximum Gasteiger partial charge on any atom is 0.103 e. The van der Waals surface area contributed by atoms with Gasteiger partial charge in [0.15, 0.2) is 0 Å². The third-order valence-electron chi connectivity index (χ3n) is 3.54. The molecule has 0 bridgehead atoms. The fraction of sp³-hybridized carbons (Fsp3) is 0.923. The van der Waals surface area contributed by atoms with E-state index in [1.165, 1.54) is 19.3 Å². The van der Waals surface area contributed by atoms with Gasteiger partial charge in [-0.1, -0.05) is 33.1 Å². The van der Waals surface area contributed by atoms with Gasteiger partial charge in [-0.15, -0.1) is 0 Å². The lowest BCUT2D eigenvalue weighted by Crippen LogP contribution is -2.44. The number of rotatable bonds is 5. The summed E-state index contributed by atoms with van der Waals surface area (Å²) < 4.78 is 11.2. The van der Waals surface area contributed by atoms with E-state index in [4.69, 9.17) is 5.73 Å². The summed E-state index contributed by atoms with van der Waals surface area (Å²) in [6.07, 6.45) is 5.69. The van der Waals surface area contributed by atoms with Gasteiger partial charge in [0.2, 0.25) is 0 Å². The van der Waals surface area contributed by atoms with E-state index >= 15 is 0 Å². The first-order valence-electron chi connectivity index (χ1n) is 6.66. The maximum atomic E-state index is 11.2. The molecule has 2 atom stereocenters. The fourth-order valence-corrected chi connectivity index (χ4v) is 3.28. The highest BCUT2D eigenvalue weighted by Crippen LogP contribution is 2.26. The summed E-state index contributed by atoms with van der Waals surface area (Å²) in [7, 11) is 0. The molecule has 0 radical (unpaired) electrons. The van der Waals surface area contributed by atoms with Crippen LogP contribution in [0.3, 0.4) is 0 Å². The molecule has 0 aliphatic heterocycles. The zero-order valence-electron chi connectivity index (χ0n) is 10.9. The second-order valence-corrected chi connectivity index (χ2v) is 6.20. The molecule has 0 amide bonds. The van der Waals surface area contributed by atoms with Gasteiger partial charge in [-0.25, -0.2) is 4.21 Å². The van der Waals surface area contributed by atoms with E-state index in [0.717, 1.165) is 19.3 Å². The van der Waals surface area contributed by atoms with Gasteiger partial charge < -0.3 is 10.8 Å². The second-order valence-electron chi connectivity index (χ2n) is 5.56. The lowest BCUT2D eigenvalue weighted by Gasteiger charge is -2.28. The number of aliphatic hydroxyl groups is 1. The molecular weight excluding hydrogens is 234 g/mol. The molecule has 1 fully saturated rings. The minimum absolute atomic E-state index is 0.277. The van der Waals surface area contributed by atoms with Crippen molar-refractivity contribution in [3.05, 3.63) is 0 Å². The van der Waals surface area contributed by atoms with Gasteiger partial charge in [-0.3, -0.25) is 0 Å². The van der Waals surface area contributed by atoms with Crippen molar-refractivity contribution in [2.75, 3.05) is 0 Å². The van der Waals surface area contributed by atoms with Gasteiger partial charge in [0, 0.05) is 6.04 Å². The molecule has 1 aliphatic rings. The van der Waals surface area contributed by atoms with Gasteiger partial charge in [0.25, 0.3) is 0 Å². The highest BCUT2D eigenvalue weighted by molar-refractivity contribution is 7.66. The molecule has 17 heavy (non-hydrogen) atoms. The Morgan fingerprint density at radius 2 is 1.94 bits per heavy atom. The van der Waals surface area contributed by atoms with Crippen molar-refractivity contribution in [3.63, 3.8) is 0 Å². The second kappa shape index (κ2) is 7.29. The van der Waals surface area contributed by atoms with Crippen LogP contribution in [0, 0.1) is 11.8 Å². The highest BCUT2D eigenvalue weighted by Gasteiger charge is 2.28. The summed E-state index contributed by atoms with van der Waals surface area (Å²) in [5.74, 6) is 0.725. The first-order chi connectivity index (χ1) is 8.06. The first-order valence-corrected chi connectivity index (χ1v) is 7.40. The van der Waals surface area contributed by atoms with E-state index in [9.17, 15) is 9.32 Å². The first kappa shape index (κ1) is 14.9. The molecule has 0 heterocycles. The molecule has 4 heteroatoms. The van der Waals surface area contributed by atoms with Crippen molar-refractivity contribution in [3.8, 4) is 0 Å². The Bertz CT molecular complexity index is 281. The molecule has 1 rings (SSSR count). The molecule has 3 nitrogen and oxygen atoms in total. The van der Waals surface area contributed by atoms with Crippen molar-refractivity contribution in [2.24, 2.45) is 17.6 Å². The van der Waals surface area contributed by atoms with Crippen LogP contribution in [0.5, 0.6) is 0 Å². The fourth-order valence-electron chi connectivity index (χ4n) is 2.63. The van der Waals surface area contributed by atoms with Crippen molar-refractivity contribution in [1.82, 2.24) is 0 Å². The van der Waals surface area contributed by atoms with Crippen LogP contribution in [0.1, 0.15) is 52.4 Å². The Kier molecular flexibility index (Phi) is 6.38. The van der Waals surface area contributed by atoms with E-state index in [2.05, 4.69) is 13.8 Å². The molecule has 0 aromatic rings. The number of aliphatic hydroxyl groups excluding tert-OH is 1. The zero-order valence-corrected chi connectivity index (χ0v) is 11.7. The molecular formula is C13H25NO2S. The Labute approximate surface area is 108 Å². The summed E-state index contributed by atoms with van der Waals surface area (Å²) in [5.41, 5.74) is 5.98. The third-order valence-corrected chi connectivity index (χ3v) is 4.31. The van der Waals surface area contributed by atoms with Crippen molar-refractivity contribution < 1.29 is 9.32 Å². The molecule has 2 unspecified atom stereocenters. The minimum atomic E-state index is -0.733. The Morgan fingerprint density at radius 3 is 2.41 bits per heavy atom. The molecule has 1 saturated carbocycles.